The smallest absolute Gasteiger partial charge is 0.164 e. The van der Waals surface area contributed by atoms with E-state index >= 15 is 0 Å². The lowest BCUT2D eigenvalue weighted by Gasteiger charge is -2.09. The lowest BCUT2D eigenvalue weighted by Crippen LogP contribution is -2.15. The number of nitrogen functional groups attached to an aromatic ring is 1. The van der Waals surface area contributed by atoms with Gasteiger partial charge in [-0.05, 0) is 38.4 Å². The zero-order valence-electron chi connectivity index (χ0n) is 8.78. The molecule has 0 aliphatic carbocycles. The molecule has 2 heterocycles. The molecule has 0 saturated carbocycles. The summed E-state index contributed by atoms with van der Waals surface area (Å²) in [4.78, 5) is 2.33. The third-order valence-electron chi connectivity index (χ3n) is 2.81. The fourth-order valence-corrected chi connectivity index (χ4v) is 2.17. The second-order valence-electron chi connectivity index (χ2n) is 4.19. The van der Waals surface area contributed by atoms with Gasteiger partial charge in [-0.1, -0.05) is 11.6 Å². The first-order valence-electron chi connectivity index (χ1n) is 5.11. The molecule has 1 unspecified atom stereocenters. The Balaban J connectivity index is 2.02. The minimum Gasteiger partial charge on any atom is -0.381 e. The highest BCUT2D eigenvalue weighted by Gasteiger charge is 2.20. The molecule has 1 atom stereocenters. The second kappa shape index (κ2) is 4.33. The molecule has 1 fully saturated rings. The van der Waals surface area contributed by atoms with Crippen molar-refractivity contribution in [3.05, 3.63) is 16.8 Å². The maximum atomic E-state index is 5.89. The van der Waals surface area contributed by atoms with Gasteiger partial charge in [0.1, 0.15) is 0 Å². The molecule has 0 radical (unpaired) electrons. The summed E-state index contributed by atoms with van der Waals surface area (Å²) in [6, 6.07) is 1.82. The molecule has 15 heavy (non-hydrogen) atoms. The first-order valence-corrected chi connectivity index (χ1v) is 5.49. The normalized spacial score (nSPS) is 22.1. The molecule has 0 spiro atoms. The Hall–Kier alpha value is -0.870. The van der Waals surface area contributed by atoms with E-state index < -0.39 is 0 Å². The van der Waals surface area contributed by atoms with Crippen LogP contribution < -0.4 is 5.73 Å². The van der Waals surface area contributed by atoms with Crippen LogP contribution in [0.15, 0.2) is 6.07 Å². The van der Waals surface area contributed by atoms with Gasteiger partial charge in [0.05, 0.1) is 10.7 Å². The number of hydrogen-bond donors (Lipinski definition) is 1. The van der Waals surface area contributed by atoms with E-state index in [0.29, 0.717) is 16.8 Å². The summed E-state index contributed by atoms with van der Waals surface area (Å²) in [6.07, 6.45) is 2.16. The van der Waals surface area contributed by atoms with Crippen LogP contribution in [-0.4, -0.2) is 35.2 Å². The van der Waals surface area contributed by atoms with E-state index in [-0.39, 0.29) is 0 Å². The number of nitrogens with two attached hydrogens (primary N) is 1. The topological polar surface area (TPSA) is 55.0 Å². The predicted molar refractivity (Wildman–Crippen MR) is 60.8 cm³/mol. The SMILES string of the molecule is CN1CCC(Cc2cc(Cl)c(N)nn2)C1. The monoisotopic (exact) mass is 226 g/mol. The third-order valence-corrected chi connectivity index (χ3v) is 3.11. The molecule has 4 nitrogen and oxygen atoms in total. The highest BCUT2D eigenvalue weighted by Crippen LogP contribution is 2.21. The van der Waals surface area contributed by atoms with Crippen molar-refractivity contribution in [3.63, 3.8) is 0 Å². The Labute approximate surface area is 94.4 Å². The van der Waals surface area contributed by atoms with Gasteiger partial charge >= 0.3 is 0 Å². The average Bonchev–Trinajstić information content (AvgIpc) is 2.58. The summed E-state index contributed by atoms with van der Waals surface area (Å²) < 4.78 is 0. The Morgan fingerprint density at radius 1 is 1.60 bits per heavy atom. The van der Waals surface area contributed by atoms with E-state index in [1.807, 2.05) is 6.07 Å². The zero-order chi connectivity index (χ0) is 10.8. The van der Waals surface area contributed by atoms with E-state index in [0.717, 1.165) is 18.7 Å². The lowest BCUT2D eigenvalue weighted by molar-refractivity contribution is 0.393. The van der Waals surface area contributed by atoms with Crippen LogP contribution in [0.4, 0.5) is 5.82 Å². The molecule has 0 amide bonds. The average molecular weight is 227 g/mol. The summed E-state index contributed by atoms with van der Waals surface area (Å²) >= 11 is 5.89. The molecular weight excluding hydrogens is 212 g/mol. The van der Waals surface area contributed by atoms with E-state index in [9.17, 15) is 0 Å². The zero-order valence-corrected chi connectivity index (χ0v) is 9.54. The van der Waals surface area contributed by atoms with Crippen LogP contribution in [0.1, 0.15) is 12.1 Å². The maximum absolute atomic E-state index is 5.89. The number of halogens is 1. The van der Waals surface area contributed by atoms with Gasteiger partial charge in [-0.25, -0.2) is 0 Å². The van der Waals surface area contributed by atoms with Crippen molar-refractivity contribution in [2.45, 2.75) is 12.8 Å². The second-order valence-corrected chi connectivity index (χ2v) is 4.60. The molecule has 5 heteroatoms. The van der Waals surface area contributed by atoms with E-state index in [4.69, 9.17) is 17.3 Å². The van der Waals surface area contributed by atoms with Gasteiger partial charge < -0.3 is 10.6 Å². The van der Waals surface area contributed by atoms with Gasteiger partial charge in [0.2, 0.25) is 0 Å². The fraction of sp³-hybridized carbons (Fsp3) is 0.600. The molecule has 1 aromatic rings. The Morgan fingerprint density at radius 2 is 2.40 bits per heavy atom. The van der Waals surface area contributed by atoms with Gasteiger partial charge in [0.25, 0.3) is 0 Å². The molecule has 82 valence electrons. The van der Waals surface area contributed by atoms with Crippen molar-refractivity contribution >= 4 is 17.4 Å². The third kappa shape index (κ3) is 2.58. The lowest BCUT2D eigenvalue weighted by atomic mass is 10.0. The van der Waals surface area contributed by atoms with Gasteiger partial charge in [-0.2, -0.15) is 5.10 Å². The predicted octanol–water partition coefficient (Wildman–Crippen LogP) is 1.21. The molecule has 1 aromatic heterocycles. The van der Waals surface area contributed by atoms with Crippen molar-refractivity contribution in [3.8, 4) is 0 Å². The van der Waals surface area contributed by atoms with Gasteiger partial charge in [0.15, 0.2) is 5.82 Å². The van der Waals surface area contributed by atoms with Gasteiger partial charge in [-0.3, -0.25) is 0 Å². The minimum atomic E-state index is 0.309. The Bertz CT molecular complexity index is 355. The van der Waals surface area contributed by atoms with Crippen LogP contribution in [0.25, 0.3) is 0 Å². The number of nitrogens with zero attached hydrogens (tertiary/aromatic N) is 3. The first kappa shape index (κ1) is 10.6. The summed E-state index contributed by atoms with van der Waals surface area (Å²) in [5.74, 6) is 0.980. The maximum Gasteiger partial charge on any atom is 0.164 e. The van der Waals surface area contributed by atoms with Crippen molar-refractivity contribution < 1.29 is 0 Å². The quantitative estimate of drug-likeness (QED) is 0.824. The molecule has 1 aliphatic heterocycles. The van der Waals surface area contributed by atoms with Crippen LogP contribution in [-0.2, 0) is 6.42 Å². The Morgan fingerprint density at radius 3 is 3.00 bits per heavy atom. The van der Waals surface area contributed by atoms with Crippen molar-refractivity contribution in [1.82, 2.24) is 15.1 Å². The van der Waals surface area contributed by atoms with E-state index in [1.165, 1.54) is 13.0 Å². The van der Waals surface area contributed by atoms with Crippen molar-refractivity contribution in [2.75, 3.05) is 25.9 Å². The number of anilines is 1. The van der Waals surface area contributed by atoms with Crippen LogP contribution in [0.5, 0.6) is 0 Å². The fourth-order valence-electron chi connectivity index (χ4n) is 2.00. The standard InChI is InChI=1S/C10H15ClN4/c1-15-3-2-7(6-15)4-8-5-9(11)10(12)14-13-8/h5,7H,2-4,6H2,1H3,(H2,12,14). The van der Waals surface area contributed by atoms with Gasteiger partial charge in [0, 0.05) is 6.54 Å². The number of rotatable bonds is 2. The van der Waals surface area contributed by atoms with E-state index in [2.05, 4.69) is 22.1 Å². The number of likely N-dealkylation sites (tertiary alicyclic amines) is 1. The van der Waals surface area contributed by atoms with Crippen LogP contribution in [0, 0.1) is 5.92 Å². The van der Waals surface area contributed by atoms with Crippen molar-refractivity contribution in [2.24, 2.45) is 5.92 Å². The highest BCUT2D eigenvalue weighted by molar-refractivity contribution is 6.32. The molecule has 1 aliphatic rings. The molecular formula is C10H15ClN4. The molecule has 0 bridgehead atoms. The van der Waals surface area contributed by atoms with Gasteiger partial charge in [-0.15, -0.1) is 5.10 Å². The summed E-state index contributed by atoms with van der Waals surface area (Å²) in [5, 5.41) is 8.38. The first-order chi connectivity index (χ1) is 7.15. The van der Waals surface area contributed by atoms with Crippen LogP contribution in [0.2, 0.25) is 5.02 Å². The molecule has 2 N–H and O–H groups in total. The number of hydrogen-bond acceptors (Lipinski definition) is 4. The van der Waals surface area contributed by atoms with Crippen molar-refractivity contribution in [1.29, 1.82) is 0 Å². The summed E-state index contributed by atoms with van der Waals surface area (Å²) in [5.41, 5.74) is 6.44. The largest absolute Gasteiger partial charge is 0.381 e. The Kier molecular flexibility index (Phi) is 3.07. The summed E-state index contributed by atoms with van der Waals surface area (Å²) in [7, 11) is 2.14. The summed E-state index contributed by atoms with van der Waals surface area (Å²) in [6.45, 7) is 2.30. The molecule has 2 rings (SSSR count). The van der Waals surface area contributed by atoms with E-state index in [1.54, 1.807) is 0 Å². The van der Waals surface area contributed by atoms with Crippen LogP contribution in [0.3, 0.4) is 0 Å². The highest BCUT2D eigenvalue weighted by atomic mass is 35.5. The number of aromatic nitrogens is 2. The van der Waals surface area contributed by atoms with Crippen LogP contribution >= 0.6 is 11.6 Å². The molecule has 1 saturated heterocycles. The minimum absolute atomic E-state index is 0.309. The molecule has 0 aromatic carbocycles.